The van der Waals surface area contributed by atoms with Crippen LogP contribution in [0.3, 0.4) is 0 Å². The van der Waals surface area contributed by atoms with Crippen LogP contribution < -0.4 is 0 Å². The molecule has 0 aliphatic carbocycles. The van der Waals surface area contributed by atoms with E-state index in [4.69, 9.17) is 23.2 Å². The largest absolute Gasteiger partial charge is 0.435 e. The van der Waals surface area contributed by atoms with Gasteiger partial charge in [0.05, 0.1) is 5.69 Å². The summed E-state index contributed by atoms with van der Waals surface area (Å²) < 4.78 is 38.5. The van der Waals surface area contributed by atoms with Gasteiger partial charge in [-0.2, -0.15) is 18.3 Å². The molecular weight excluding hydrogens is 288 g/mol. The number of alkyl halides is 4. The topological polar surface area (TPSA) is 17.8 Å². The van der Waals surface area contributed by atoms with Gasteiger partial charge in [0, 0.05) is 17.1 Å². The molecule has 0 aliphatic rings. The summed E-state index contributed by atoms with van der Waals surface area (Å²) in [6.07, 6.45) is -3.22. The molecule has 0 saturated carbocycles. The van der Waals surface area contributed by atoms with Gasteiger partial charge in [0.25, 0.3) is 0 Å². The van der Waals surface area contributed by atoms with Gasteiger partial charge in [-0.05, 0) is 29.8 Å². The van der Waals surface area contributed by atoms with E-state index in [1.54, 1.807) is 18.2 Å². The second-order valence-electron chi connectivity index (χ2n) is 3.55. The Morgan fingerprint density at radius 2 is 1.94 bits per heavy atom. The summed E-state index contributed by atoms with van der Waals surface area (Å²) in [6, 6.07) is 5.65. The Hall–Kier alpha value is -1.20. The highest BCUT2D eigenvalue weighted by Crippen LogP contribution is 2.29. The number of aromatic nitrogens is 2. The van der Waals surface area contributed by atoms with Gasteiger partial charge in [-0.15, -0.1) is 11.6 Å². The molecule has 0 spiro atoms. The van der Waals surface area contributed by atoms with Crippen molar-refractivity contribution >= 4 is 23.2 Å². The molecule has 7 heteroatoms. The zero-order chi connectivity index (χ0) is 13.3. The van der Waals surface area contributed by atoms with E-state index >= 15 is 0 Å². The molecule has 2 nitrogen and oxygen atoms in total. The third-order valence-corrected chi connectivity index (χ3v) is 2.83. The molecule has 0 saturated heterocycles. The predicted molar refractivity (Wildman–Crippen MR) is 63.1 cm³/mol. The first-order valence-electron chi connectivity index (χ1n) is 4.89. The molecule has 0 fully saturated rings. The number of benzene rings is 1. The number of nitrogens with zero attached hydrogens (tertiary/aromatic N) is 2. The molecule has 2 aromatic rings. The quantitative estimate of drug-likeness (QED) is 0.756. The normalized spacial score (nSPS) is 11.8. The van der Waals surface area contributed by atoms with Crippen LogP contribution in [0.25, 0.3) is 5.69 Å². The number of hydrogen-bond acceptors (Lipinski definition) is 1. The number of rotatable bonds is 2. The van der Waals surface area contributed by atoms with Gasteiger partial charge in [-0.25, -0.2) is 4.68 Å². The van der Waals surface area contributed by atoms with Crippen molar-refractivity contribution in [3.8, 4) is 5.69 Å². The van der Waals surface area contributed by atoms with Crippen molar-refractivity contribution in [2.45, 2.75) is 12.1 Å². The first-order chi connectivity index (χ1) is 8.41. The third kappa shape index (κ3) is 2.62. The van der Waals surface area contributed by atoms with Crippen LogP contribution in [0.1, 0.15) is 11.3 Å². The first kappa shape index (κ1) is 13.2. The summed E-state index contributed by atoms with van der Waals surface area (Å²) in [4.78, 5) is 0. The van der Waals surface area contributed by atoms with E-state index in [1.807, 2.05) is 0 Å². The van der Waals surface area contributed by atoms with E-state index in [0.717, 1.165) is 10.7 Å². The molecule has 0 amide bonds. The monoisotopic (exact) mass is 294 g/mol. The lowest BCUT2D eigenvalue weighted by molar-refractivity contribution is -0.141. The van der Waals surface area contributed by atoms with Crippen LogP contribution in [0.15, 0.2) is 30.5 Å². The molecule has 0 radical (unpaired) electrons. The highest BCUT2D eigenvalue weighted by Gasteiger charge is 2.33. The molecule has 0 unspecified atom stereocenters. The standard InChI is InChI=1S/C11H7Cl2F3N2/c12-6-7-5-8(13)1-2-9(7)18-4-3-10(17-18)11(14,15)16/h1-5H,6H2. The van der Waals surface area contributed by atoms with Gasteiger partial charge in [0.15, 0.2) is 5.69 Å². The first-order valence-corrected chi connectivity index (χ1v) is 5.80. The molecule has 0 atom stereocenters. The molecule has 1 heterocycles. The second kappa shape index (κ2) is 4.82. The van der Waals surface area contributed by atoms with Crippen LogP contribution in [-0.2, 0) is 12.1 Å². The fourth-order valence-electron chi connectivity index (χ4n) is 1.49. The maximum atomic E-state index is 12.4. The van der Waals surface area contributed by atoms with E-state index < -0.39 is 11.9 Å². The molecule has 96 valence electrons. The minimum absolute atomic E-state index is 0.136. The molecule has 1 aromatic heterocycles. The Bertz CT molecular complexity index is 564. The fraction of sp³-hybridized carbons (Fsp3) is 0.182. The highest BCUT2D eigenvalue weighted by atomic mass is 35.5. The zero-order valence-electron chi connectivity index (χ0n) is 8.88. The van der Waals surface area contributed by atoms with Crippen molar-refractivity contribution in [2.75, 3.05) is 0 Å². The molecule has 2 rings (SSSR count). The van der Waals surface area contributed by atoms with Crippen LogP contribution in [-0.4, -0.2) is 9.78 Å². The highest BCUT2D eigenvalue weighted by molar-refractivity contribution is 6.30. The average molecular weight is 295 g/mol. The predicted octanol–water partition coefficient (Wildman–Crippen LogP) is 4.28. The van der Waals surface area contributed by atoms with E-state index in [2.05, 4.69) is 5.10 Å². The summed E-state index contributed by atoms with van der Waals surface area (Å²) >= 11 is 11.5. The number of halogens is 5. The number of hydrogen-bond donors (Lipinski definition) is 0. The SMILES string of the molecule is FC(F)(F)c1ccn(-c2ccc(Cl)cc2CCl)n1. The van der Waals surface area contributed by atoms with Gasteiger partial charge in [-0.1, -0.05) is 11.6 Å². The van der Waals surface area contributed by atoms with Crippen LogP contribution in [0.4, 0.5) is 13.2 Å². The van der Waals surface area contributed by atoms with Crippen molar-refractivity contribution < 1.29 is 13.2 Å². The van der Waals surface area contributed by atoms with Crippen LogP contribution in [0.2, 0.25) is 5.02 Å². The summed E-state index contributed by atoms with van der Waals surface area (Å²) in [5.74, 6) is 0.136. The molecule has 0 bridgehead atoms. The van der Waals surface area contributed by atoms with Crippen molar-refractivity contribution in [1.29, 1.82) is 0 Å². The van der Waals surface area contributed by atoms with Gasteiger partial charge in [0.2, 0.25) is 0 Å². The summed E-state index contributed by atoms with van der Waals surface area (Å²) in [6.45, 7) is 0. The molecule has 18 heavy (non-hydrogen) atoms. The Morgan fingerprint density at radius 3 is 2.50 bits per heavy atom. The van der Waals surface area contributed by atoms with Crippen molar-refractivity contribution in [3.05, 3.63) is 46.7 Å². The lowest BCUT2D eigenvalue weighted by atomic mass is 10.2. The van der Waals surface area contributed by atoms with Gasteiger partial charge < -0.3 is 0 Å². The molecular formula is C11H7Cl2F3N2. The van der Waals surface area contributed by atoms with Crippen molar-refractivity contribution in [1.82, 2.24) is 9.78 Å². The Balaban J connectivity index is 2.46. The Kier molecular flexibility index (Phi) is 3.54. The van der Waals surface area contributed by atoms with E-state index in [9.17, 15) is 13.2 Å². The molecule has 0 aliphatic heterocycles. The van der Waals surface area contributed by atoms with Gasteiger partial charge >= 0.3 is 6.18 Å². The van der Waals surface area contributed by atoms with Crippen LogP contribution >= 0.6 is 23.2 Å². The van der Waals surface area contributed by atoms with E-state index in [-0.39, 0.29) is 5.88 Å². The summed E-state index contributed by atoms with van der Waals surface area (Å²) in [5, 5.41) is 3.95. The second-order valence-corrected chi connectivity index (χ2v) is 4.25. The minimum Gasteiger partial charge on any atom is -0.240 e. The lowest BCUT2D eigenvalue weighted by Gasteiger charge is -2.08. The zero-order valence-corrected chi connectivity index (χ0v) is 10.4. The third-order valence-electron chi connectivity index (χ3n) is 2.31. The average Bonchev–Trinajstić information content (AvgIpc) is 2.77. The minimum atomic E-state index is -4.46. The van der Waals surface area contributed by atoms with Crippen molar-refractivity contribution in [3.63, 3.8) is 0 Å². The molecule has 0 N–H and O–H groups in total. The van der Waals surface area contributed by atoms with Gasteiger partial charge in [0.1, 0.15) is 0 Å². The smallest absolute Gasteiger partial charge is 0.240 e. The Morgan fingerprint density at radius 1 is 1.22 bits per heavy atom. The fourth-order valence-corrected chi connectivity index (χ4v) is 1.90. The van der Waals surface area contributed by atoms with Crippen LogP contribution in [0.5, 0.6) is 0 Å². The van der Waals surface area contributed by atoms with Crippen LogP contribution in [0, 0.1) is 0 Å². The van der Waals surface area contributed by atoms with E-state index in [1.165, 1.54) is 6.20 Å². The summed E-state index contributed by atoms with van der Waals surface area (Å²) in [5.41, 5.74) is 0.142. The molecule has 1 aromatic carbocycles. The maximum Gasteiger partial charge on any atom is 0.435 e. The lowest BCUT2D eigenvalue weighted by Crippen LogP contribution is -2.07. The summed E-state index contributed by atoms with van der Waals surface area (Å²) in [7, 11) is 0. The van der Waals surface area contributed by atoms with Gasteiger partial charge in [-0.3, -0.25) is 0 Å². The maximum absolute atomic E-state index is 12.4. The van der Waals surface area contributed by atoms with E-state index in [0.29, 0.717) is 16.3 Å². The Labute approximate surface area is 111 Å². The van der Waals surface area contributed by atoms with Crippen molar-refractivity contribution in [2.24, 2.45) is 0 Å².